The minimum absolute atomic E-state index is 0.0361. The number of allylic oxidation sites excluding steroid dienone is 2. The molecule has 0 aromatic heterocycles. The third kappa shape index (κ3) is 4.64. The average Bonchev–Trinajstić information content (AvgIpc) is 3.08. The molecule has 7 heteroatoms. The fourth-order valence-electron chi connectivity index (χ4n) is 4.48. The van der Waals surface area contributed by atoms with Crippen LogP contribution in [-0.4, -0.2) is 58.1 Å². The number of nitrogens with zero attached hydrogens (tertiary/aromatic N) is 2. The molecular weight excluding hydrogens is 420 g/mol. The Morgan fingerprint density at radius 2 is 1.58 bits per heavy atom. The van der Waals surface area contributed by atoms with Crippen LogP contribution in [-0.2, 0) is 4.79 Å². The van der Waals surface area contributed by atoms with E-state index in [1.807, 2.05) is 30.3 Å². The first-order valence-corrected chi connectivity index (χ1v) is 11.1. The van der Waals surface area contributed by atoms with E-state index in [0.29, 0.717) is 29.7 Å². The predicted molar refractivity (Wildman–Crippen MR) is 124 cm³/mol. The van der Waals surface area contributed by atoms with E-state index in [-0.39, 0.29) is 67.4 Å². The van der Waals surface area contributed by atoms with Gasteiger partial charge in [0.05, 0.1) is 29.9 Å². The van der Waals surface area contributed by atoms with Crippen LogP contribution in [0, 0.1) is 0 Å². The number of carbonyl (C=O) groups is 3. The lowest BCUT2D eigenvalue weighted by Crippen LogP contribution is -2.31. The van der Waals surface area contributed by atoms with Crippen molar-refractivity contribution in [2.45, 2.75) is 31.6 Å². The van der Waals surface area contributed by atoms with Gasteiger partial charge in [0.1, 0.15) is 5.76 Å². The summed E-state index contributed by atoms with van der Waals surface area (Å²) in [6.07, 6.45) is 1.22. The molecule has 0 bridgehead atoms. The fourth-order valence-corrected chi connectivity index (χ4v) is 4.48. The van der Waals surface area contributed by atoms with Crippen LogP contribution in [0.25, 0.3) is 0 Å². The molecular formula is C26H26N2O5. The first-order valence-electron chi connectivity index (χ1n) is 11.1. The summed E-state index contributed by atoms with van der Waals surface area (Å²) < 4.78 is 0. The van der Waals surface area contributed by atoms with Crippen molar-refractivity contribution in [2.24, 2.45) is 4.99 Å². The van der Waals surface area contributed by atoms with Crippen molar-refractivity contribution < 1.29 is 24.6 Å². The second-order valence-corrected chi connectivity index (χ2v) is 8.22. The molecule has 0 spiro atoms. The predicted octanol–water partition coefficient (Wildman–Crippen LogP) is 3.45. The van der Waals surface area contributed by atoms with Gasteiger partial charge in [-0.2, -0.15) is 0 Å². The standard InChI is InChI=1S/C26H26N2O5/c29-14-12-27-21-15-18(17-7-2-1-3-8-17)16-23(31)24(21)22(30)11-6-13-28-25(32)19-9-4-5-10-20(19)26(28)33/h1-5,7-10,18,29-30H,6,11-16H2/t18-/m0/s1. The van der Waals surface area contributed by atoms with E-state index in [0.717, 1.165) is 5.56 Å². The molecule has 0 unspecified atom stereocenters. The zero-order chi connectivity index (χ0) is 23.4. The molecule has 0 saturated heterocycles. The van der Waals surface area contributed by atoms with Gasteiger partial charge >= 0.3 is 0 Å². The number of Topliss-reactive ketones (excluding diaryl/α,β-unsaturated/α-hetero) is 1. The van der Waals surface area contributed by atoms with E-state index in [9.17, 15) is 24.6 Å². The van der Waals surface area contributed by atoms with E-state index >= 15 is 0 Å². The normalized spacial score (nSPS) is 21.0. The third-order valence-electron chi connectivity index (χ3n) is 6.07. The van der Waals surface area contributed by atoms with Crippen LogP contribution >= 0.6 is 0 Å². The second-order valence-electron chi connectivity index (χ2n) is 8.22. The maximum Gasteiger partial charge on any atom is 0.261 e. The first-order chi connectivity index (χ1) is 16.0. The van der Waals surface area contributed by atoms with Gasteiger partial charge in [-0.05, 0) is 36.5 Å². The molecule has 0 radical (unpaired) electrons. The molecule has 1 saturated carbocycles. The van der Waals surface area contributed by atoms with Gasteiger partial charge in [0.25, 0.3) is 11.8 Å². The number of carbonyl (C=O) groups excluding carboxylic acids is 3. The highest BCUT2D eigenvalue weighted by Gasteiger charge is 2.35. The fraction of sp³-hybridized carbons (Fsp3) is 0.308. The SMILES string of the molecule is O=C1C[C@@H](c2ccccc2)CC(=NCCO)C1=C(O)CCCN1C(=O)c2ccccc2C1=O. The van der Waals surface area contributed by atoms with Crippen molar-refractivity contribution in [3.63, 3.8) is 0 Å². The molecule has 7 nitrogen and oxygen atoms in total. The number of imide groups is 1. The topological polar surface area (TPSA) is 107 Å². The lowest BCUT2D eigenvalue weighted by molar-refractivity contribution is -0.116. The zero-order valence-corrected chi connectivity index (χ0v) is 18.2. The Labute approximate surface area is 192 Å². The van der Waals surface area contributed by atoms with E-state index < -0.39 is 0 Å². The maximum atomic E-state index is 13.0. The largest absolute Gasteiger partial charge is 0.511 e. The van der Waals surface area contributed by atoms with Crippen molar-refractivity contribution in [3.05, 3.63) is 82.6 Å². The Bertz CT molecular complexity index is 1100. The maximum absolute atomic E-state index is 13.0. The third-order valence-corrected chi connectivity index (χ3v) is 6.07. The number of ketones is 1. The molecule has 1 fully saturated rings. The average molecular weight is 447 g/mol. The van der Waals surface area contributed by atoms with Gasteiger partial charge in [0.15, 0.2) is 5.78 Å². The molecule has 2 aromatic rings. The minimum atomic E-state index is -0.340. The molecule has 170 valence electrons. The number of rotatable bonds is 7. The van der Waals surface area contributed by atoms with Gasteiger partial charge in [-0.15, -0.1) is 0 Å². The smallest absolute Gasteiger partial charge is 0.261 e. The van der Waals surface area contributed by atoms with Crippen LogP contribution in [0.3, 0.4) is 0 Å². The van der Waals surface area contributed by atoms with Crippen molar-refractivity contribution in [1.29, 1.82) is 0 Å². The van der Waals surface area contributed by atoms with E-state index in [1.54, 1.807) is 24.3 Å². The monoisotopic (exact) mass is 446 g/mol. The van der Waals surface area contributed by atoms with Crippen molar-refractivity contribution in [3.8, 4) is 0 Å². The summed E-state index contributed by atoms with van der Waals surface area (Å²) in [4.78, 5) is 43.6. The number of aliphatic hydroxyl groups is 2. The van der Waals surface area contributed by atoms with Crippen LogP contribution in [0.5, 0.6) is 0 Å². The number of benzene rings is 2. The van der Waals surface area contributed by atoms with Gasteiger partial charge in [0.2, 0.25) is 0 Å². The van der Waals surface area contributed by atoms with E-state index in [2.05, 4.69) is 4.99 Å². The molecule has 2 amide bonds. The summed E-state index contributed by atoms with van der Waals surface area (Å²) >= 11 is 0. The lowest BCUT2D eigenvalue weighted by atomic mass is 9.78. The Kier molecular flexibility index (Phi) is 6.79. The van der Waals surface area contributed by atoms with Gasteiger partial charge in [0, 0.05) is 25.1 Å². The van der Waals surface area contributed by atoms with Crippen molar-refractivity contribution >= 4 is 23.3 Å². The molecule has 1 aliphatic heterocycles. The minimum Gasteiger partial charge on any atom is -0.511 e. The quantitative estimate of drug-likeness (QED) is 0.385. The van der Waals surface area contributed by atoms with Gasteiger partial charge in [-0.3, -0.25) is 24.3 Å². The van der Waals surface area contributed by atoms with Crippen LogP contribution in [0.4, 0.5) is 0 Å². The van der Waals surface area contributed by atoms with E-state index in [4.69, 9.17) is 0 Å². The van der Waals surface area contributed by atoms with Gasteiger partial charge < -0.3 is 10.2 Å². The summed E-state index contributed by atoms with van der Waals surface area (Å²) in [7, 11) is 0. The molecule has 1 heterocycles. The molecule has 33 heavy (non-hydrogen) atoms. The number of hydrogen-bond donors (Lipinski definition) is 2. The lowest BCUT2D eigenvalue weighted by Gasteiger charge is -2.26. The molecule has 2 N–H and O–H groups in total. The summed E-state index contributed by atoms with van der Waals surface area (Å²) in [6, 6.07) is 16.4. The van der Waals surface area contributed by atoms with Gasteiger partial charge in [-0.1, -0.05) is 42.5 Å². The second kappa shape index (κ2) is 9.92. The Morgan fingerprint density at radius 3 is 2.21 bits per heavy atom. The summed E-state index contributed by atoms with van der Waals surface area (Å²) in [5.41, 5.74) is 2.51. The number of aliphatic imine (C=N–C) groups is 1. The highest BCUT2D eigenvalue weighted by molar-refractivity contribution is 6.25. The Morgan fingerprint density at radius 1 is 0.939 bits per heavy atom. The van der Waals surface area contributed by atoms with Crippen molar-refractivity contribution in [1.82, 2.24) is 4.90 Å². The Balaban J connectivity index is 1.47. The summed E-state index contributed by atoms with van der Waals surface area (Å²) in [5, 5.41) is 20.0. The summed E-state index contributed by atoms with van der Waals surface area (Å²) in [6.45, 7) is 0.144. The van der Waals surface area contributed by atoms with Gasteiger partial charge in [-0.25, -0.2) is 0 Å². The molecule has 2 aliphatic rings. The van der Waals surface area contributed by atoms with Crippen LogP contribution < -0.4 is 0 Å². The highest BCUT2D eigenvalue weighted by atomic mass is 16.3. The van der Waals surface area contributed by atoms with Crippen LogP contribution in [0.1, 0.15) is 57.9 Å². The van der Waals surface area contributed by atoms with Crippen LogP contribution in [0.15, 0.2) is 70.9 Å². The molecule has 1 aliphatic carbocycles. The molecule has 1 atom stereocenters. The summed E-state index contributed by atoms with van der Waals surface area (Å²) in [5.74, 6) is -0.990. The highest BCUT2D eigenvalue weighted by Crippen LogP contribution is 2.34. The molecule has 4 rings (SSSR count). The molecule has 2 aromatic carbocycles. The number of fused-ring (bicyclic) bond motifs is 1. The van der Waals surface area contributed by atoms with E-state index in [1.165, 1.54) is 4.90 Å². The van der Waals surface area contributed by atoms with Crippen LogP contribution in [0.2, 0.25) is 0 Å². The zero-order valence-electron chi connectivity index (χ0n) is 18.2. The van der Waals surface area contributed by atoms with Crippen molar-refractivity contribution in [2.75, 3.05) is 19.7 Å². The number of aliphatic hydroxyl groups excluding tert-OH is 2. The first kappa shape index (κ1) is 22.6. The Hall–Kier alpha value is -3.58. The number of hydrogen-bond acceptors (Lipinski definition) is 6. The number of amides is 2.